The molecule has 1 fully saturated rings. The van der Waals surface area contributed by atoms with Crippen LogP contribution in [-0.4, -0.2) is 27.9 Å². The first-order chi connectivity index (χ1) is 14.9. The molecule has 0 radical (unpaired) electrons. The number of pyridine rings is 1. The second-order valence-electron chi connectivity index (χ2n) is 8.42. The molecule has 7 nitrogen and oxygen atoms in total. The van der Waals surface area contributed by atoms with E-state index in [-0.39, 0.29) is 11.7 Å². The fourth-order valence-corrected chi connectivity index (χ4v) is 4.41. The number of nitrogens with two attached hydrogens (primary N) is 2. The quantitative estimate of drug-likeness (QED) is 0.375. The van der Waals surface area contributed by atoms with Crippen molar-refractivity contribution >= 4 is 17.8 Å². The van der Waals surface area contributed by atoms with Gasteiger partial charge in [-0.1, -0.05) is 49.6 Å². The molecule has 0 spiro atoms. The van der Waals surface area contributed by atoms with E-state index in [9.17, 15) is 4.79 Å². The Hall–Kier alpha value is -3.22. The number of amides is 1. The minimum Gasteiger partial charge on any atom is -0.463 e. The smallest absolute Gasteiger partial charge is 0.433 e. The third-order valence-corrected chi connectivity index (χ3v) is 6.14. The number of amidine groups is 2. The number of aliphatic imine (C=N–C) groups is 1. The molecule has 0 unspecified atom stereocenters. The lowest BCUT2D eigenvalue weighted by Crippen LogP contribution is -2.17. The van der Waals surface area contributed by atoms with Crippen molar-refractivity contribution < 1.29 is 9.90 Å². The van der Waals surface area contributed by atoms with Gasteiger partial charge in [0.15, 0.2) is 0 Å². The van der Waals surface area contributed by atoms with Crippen LogP contribution in [0.25, 0.3) is 0 Å². The van der Waals surface area contributed by atoms with Crippen LogP contribution in [0.5, 0.6) is 0 Å². The number of rotatable bonds is 8. The maximum atomic E-state index is 10.6. The lowest BCUT2D eigenvalue weighted by atomic mass is 9.77. The number of nitrogen functional groups attached to an aromatic ring is 1. The van der Waals surface area contributed by atoms with Gasteiger partial charge in [0.1, 0.15) is 17.4 Å². The predicted molar refractivity (Wildman–Crippen MR) is 123 cm³/mol. The van der Waals surface area contributed by atoms with Gasteiger partial charge in [0.2, 0.25) is 0 Å². The largest absolute Gasteiger partial charge is 0.463 e. The highest BCUT2D eigenvalue weighted by Crippen LogP contribution is 2.34. The van der Waals surface area contributed by atoms with E-state index in [1.807, 2.05) is 42.6 Å². The number of carboxylic acid groups (broad SMARTS) is 1. The van der Waals surface area contributed by atoms with E-state index in [0.29, 0.717) is 11.3 Å². The molecule has 0 bridgehead atoms. The topological polar surface area (TPSA) is 138 Å². The SMILES string of the molecule is N=C(N)c1ccc(CC[C@H]2CCC[C@@H](CCc3ccc(C(N)=NC(=O)O)cc3)C2)cn1. The van der Waals surface area contributed by atoms with Gasteiger partial charge in [-0.05, 0) is 61.1 Å². The van der Waals surface area contributed by atoms with Gasteiger partial charge in [-0.15, -0.1) is 0 Å². The molecule has 1 heterocycles. The summed E-state index contributed by atoms with van der Waals surface area (Å²) in [4.78, 5) is 18.2. The lowest BCUT2D eigenvalue weighted by molar-refractivity contribution is 0.205. The van der Waals surface area contributed by atoms with Gasteiger partial charge in [-0.2, -0.15) is 4.99 Å². The lowest BCUT2D eigenvalue weighted by Gasteiger charge is -2.29. The average Bonchev–Trinajstić information content (AvgIpc) is 2.77. The molecular weight excluding hydrogens is 390 g/mol. The molecule has 1 aromatic heterocycles. The van der Waals surface area contributed by atoms with Gasteiger partial charge < -0.3 is 16.6 Å². The Labute approximate surface area is 183 Å². The second-order valence-corrected chi connectivity index (χ2v) is 8.42. The summed E-state index contributed by atoms with van der Waals surface area (Å²) < 4.78 is 0. The third-order valence-electron chi connectivity index (χ3n) is 6.14. The van der Waals surface area contributed by atoms with E-state index < -0.39 is 6.09 Å². The Kier molecular flexibility index (Phi) is 7.76. The van der Waals surface area contributed by atoms with Gasteiger partial charge in [0, 0.05) is 11.8 Å². The summed E-state index contributed by atoms with van der Waals surface area (Å²) in [5.41, 5.74) is 14.8. The molecule has 6 N–H and O–H groups in total. The van der Waals surface area contributed by atoms with Crippen molar-refractivity contribution in [2.24, 2.45) is 28.3 Å². The Morgan fingerprint density at radius 2 is 1.65 bits per heavy atom. The number of aromatic nitrogens is 1. The van der Waals surface area contributed by atoms with Crippen molar-refractivity contribution in [2.75, 3.05) is 0 Å². The van der Waals surface area contributed by atoms with Crippen LogP contribution in [0.15, 0.2) is 47.6 Å². The summed E-state index contributed by atoms with van der Waals surface area (Å²) in [5.74, 6) is 1.53. The van der Waals surface area contributed by atoms with Gasteiger partial charge in [-0.25, -0.2) is 4.79 Å². The summed E-state index contributed by atoms with van der Waals surface area (Å²) >= 11 is 0. The molecule has 7 heteroatoms. The van der Waals surface area contributed by atoms with Gasteiger partial charge >= 0.3 is 6.09 Å². The average molecular weight is 422 g/mol. The first kappa shape index (κ1) is 22.5. The monoisotopic (exact) mass is 421 g/mol. The number of hydrogen-bond acceptors (Lipinski definition) is 3. The van der Waals surface area contributed by atoms with Crippen molar-refractivity contribution in [3.8, 4) is 0 Å². The van der Waals surface area contributed by atoms with Crippen molar-refractivity contribution in [3.63, 3.8) is 0 Å². The summed E-state index contributed by atoms with van der Waals surface area (Å²) in [7, 11) is 0. The van der Waals surface area contributed by atoms with Crippen LogP contribution in [0.1, 0.15) is 60.9 Å². The van der Waals surface area contributed by atoms with E-state index in [2.05, 4.69) is 9.98 Å². The standard InChI is InChI=1S/C24H31N5O2/c25-22(26)21-13-10-19(15-28-21)7-6-18-3-1-2-17(14-18)5-4-16-8-11-20(12-9-16)23(27)29-24(30)31/h8-13,15,17-18H,1-7,14H2,(H3,25,26)(H2,27,29)(H,30,31)/t17-,18+/m0/s1. The van der Waals surface area contributed by atoms with Crippen molar-refractivity contribution in [3.05, 3.63) is 65.0 Å². The fraction of sp³-hybridized carbons (Fsp3) is 0.417. The minimum absolute atomic E-state index is 0.00757. The Balaban J connectivity index is 1.45. The third kappa shape index (κ3) is 6.91. The minimum atomic E-state index is -1.28. The zero-order valence-corrected chi connectivity index (χ0v) is 17.8. The van der Waals surface area contributed by atoms with E-state index in [1.165, 1.54) is 49.7 Å². The number of nitrogens with zero attached hydrogens (tertiary/aromatic N) is 2. The van der Waals surface area contributed by atoms with Crippen molar-refractivity contribution in [1.82, 2.24) is 4.98 Å². The van der Waals surface area contributed by atoms with Gasteiger partial charge in [-0.3, -0.25) is 10.4 Å². The molecule has 164 valence electrons. The molecule has 1 amide bonds. The maximum absolute atomic E-state index is 10.6. The van der Waals surface area contributed by atoms with Crippen molar-refractivity contribution in [1.29, 1.82) is 5.41 Å². The summed E-state index contributed by atoms with van der Waals surface area (Å²) in [5, 5.41) is 16.1. The molecule has 1 aromatic carbocycles. The van der Waals surface area contributed by atoms with E-state index in [4.69, 9.17) is 22.0 Å². The van der Waals surface area contributed by atoms with Crippen LogP contribution in [-0.2, 0) is 12.8 Å². The first-order valence-electron chi connectivity index (χ1n) is 10.9. The van der Waals surface area contributed by atoms with Crippen LogP contribution in [0.4, 0.5) is 4.79 Å². The fourth-order valence-electron chi connectivity index (χ4n) is 4.41. The number of carbonyl (C=O) groups is 1. The molecule has 2 atom stereocenters. The molecule has 0 saturated heterocycles. The molecule has 2 aromatic rings. The predicted octanol–water partition coefficient (Wildman–Crippen LogP) is 4.12. The molecule has 31 heavy (non-hydrogen) atoms. The highest BCUT2D eigenvalue weighted by atomic mass is 16.4. The summed E-state index contributed by atoms with van der Waals surface area (Å²) in [6, 6.07) is 11.6. The van der Waals surface area contributed by atoms with Gasteiger partial charge in [0.25, 0.3) is 0 Å². The molecule has 1 aliphatic carbocycles. The molecule has 1 saturated carbocycles. The maximum Gasteiger partial charge on any atom is 0.433 e. The number of aryl methyl sites for hydroxylation is 2. The molecular formula is C24H31N5O2. The van der Waals surface area contributed by atoms with Gasteiger partial charge in [0.05, 0.1) is 0 Å². The Morgan fingerprint density at radius 1 is 1.03 bits per heavy atom. The van der Waals surface area contributed by atoms with Crippen LogP contribution < -0.4 is 11.5 Å². The first-order valence-corrected chi connectivity index (χ1v) is 10.9. The summed E-state index contributed by atoms with van der Waals surface area (Å²) in [6.45, 7) is 0. The zero-order chi connectivity index (χ0) is 22.2. The van der Waals surface area contributed by atoms with Crippen LogP contribution >= 0.6 is 0 Å². The number of nitrogens with one attached hydrogen (secondary N) is 1. The highest BCUT2D eigenvalue weighted by molar-refractivity contribution is 6.02. The summed E-state index contributed by atoms with van der Waals surface area (Å²) in [6.07, 6.45) is 10.1. The Morgan fingerprint density at radius 3 is 2.19 bits per heavy atom. The van der Waals surface area contributed by atoms with Crippen LogP contribution in [0.3, 0.4) is 0 Å². The normalized spacial score (nSPS) is 19.2. The highest BCUT2D eigenvalue weighted by Gasteiger charge is 2.21. The van der Waals surface area contributed by atoms with E-state index in [0.717, 1.165) is 24.7 Å². The molecule has 1 aliphatic rings. The molecule has 0 aliphatic heterocycles. The Bertz CT molecular complexity index is 922. The number of benzene rings is 1. The molecule has 3 rings (SSSR count). The van der Waals surface area contributed by atoms with Crippen LogP contribution in [0.2, 0.25) is 0 Å². The second kappa shape index (κ2) is 10.7. The van der Waals surface area contributed by atoms with E-state index in [1.54, 1.807) is 0 Å². The van der Waals surface area contributed by atoms with E-state index >= 15 is 0 Å². The van der Waals surface area contributed by atoms with Crippen molar-refractivity contribution in [2.45, 2.75) is 51.4 Å². The zero-order valence-electron chi connectivity index (χ0n) is 17.8. The van der Waals surface area contributed by atoms with Crippen LogP contribution in [0, 0.1) is 17.2 Å². The number of hydrogen-bond donors (Lipinski definition) is 4.